The molecule has 14 heavy (non-hydrogen) atoms. The van der Waals surface area contributed by atoms with Gasteiger partial charge in [0.1, 0.15) is 0 Å². The Labute approximate surface area is 85.8 Å². The Morgan fingerprint density at radius 1 is 1.14 bits per heavy atom. The predicted octanol–water partition coefficient (Wildman–Crippen LogP) is 1.72. The summed E-state index contributed by atoms with van der Waals surface area (Å²) in [6.45, 7) is 0.201. The molecule has 0 saturated carbocycles. The zero-order valence-corrected chi connectivity index (χ0v) is 8.52. The molecule has 0 radical (unpaired) electrons. The molecule has 0 aromatic heterocycles. The van der Waals surface area contributed by atoms with Gasteiger partial charge in [-0.05, 0) is 31.2 Å². The first-order valence-electron chi connectivity index (χ1n) is 5.23. The summed E-state index contributed by atoms with van der Waals surface area (Å²) >= 11 is 0. The van der Waals surface area contributed by atoms with E-state index in [1.807, 2.05) is 6.07 Å². The van der Waals surface area contributed by atoms with Crippen molar-refractivity contribution in [3.05, 3.63) is 35.9 Å². The summed E-state index contributed by atoms with van der Waals surface area (Å²) in [5.41, 5.74) is 7.15. The quantitative estimate of drug-likeness (QED) is 0.722. The summed E-state index contributed by atoms with van der Waals surface area (Å²) in [5, 5.41) is 8.67. The molecule has 0 amide bonds. The van der Waals surface area contributed by atoms with Crippen molar-refractivity contribution in [2.75, 3.05) is 6.61 Å². The van der Waals surface area contributed by atoms with E-state index in [1.165, 1.54) is 5.56 Å². The van der Waals surface area contributed by atoms with Gasteiger partial charge in [-0.2, -0.15) is 0 Å². The Kier molecular flexibility index (Phi) is 5.27. The fourth-order valence-corrected chi connectivity index (χ4v) is 1.52. The summed E-state index contributed by atoms with van der Waals surface area (Å²) in [5.74, 6) is 0. The SMILES string of the molecule is NC(CCO)CCCc1ccccc1. The molecule has 1 aromatic rings. The Hall–Kier alpha value is -0.860. The van der Waals surface area contributed by atoms with Crippen molar-refractivity contribution in [3.63, 3.8) is 0 Å². The number of rotatable bonds is 6. The Bertz CT molecular complexity index is 235. The van der Waals surface area contributed by atoms with E-state index in [0.717, 1.165) is 25.7 Å². The van der Waals surface area contributed by atoms with Crippen LogP contribution >= 0.6 is 0 Å². The van der Waals surface area contributed by atoms with E-state index in [-0.39, 0.29) is 12.6 Å². The molecule has 2 nitrogen and oxygen atoms in total. The van der Waals surface area contributed by atoms with Crippen LogP contribution in [0.15, 0.2) is 30.3 Å². The molecule has 0 spiro atoms. The lowest BCUT2D eigenvalue weighted by Gasteiger charge is -2.08. The first kappa shape index (κ1) is 11.2. The minimum Gasteiger partial charge on any atom is -0.396 e. The second-order valence-electron chi connectivity index (χ2n) is 3.65. The lowest BCUT2D eigenvalue weighted by molar-refractivity contribution is 0.272. The third kappa shape index (κ3) is 4.40. The number of aliphatic hydroxyl groups excluding tert-OH is 1. The van der Waals surface area contributed by atoms with E-state index < -0.39 is 0 Å². The molecule has 0 heterocycles. The van der Waals surface area contributed by atoms with Crippen LogP contribution in [0.2, 0.25) is 0 Å². The highest BCUT2D eigenvalue weighted by Gasteiger charge is 2.01. The first-order chi connectivity index (χ1) is 6.83. The largest absolute Gasteiger partial charge is 0.396 e. The maximum absolute atomic E-state index is 8.67. The summed E-state index contributed by atoms with van der Waals surface area (Å²) < 4.78 is 0. The molecule has 0 bridgehead atoms. The van der Waals surface area contributed by atoms with E-state index in [9.17, 15) is 0 Å². The molecule has 0 aliphatic carbocycles. The molecule has 0 aliphatic heterocycles. The van der Waals surface area contributed by atoms with Crippen LogP contribution in [0.3, 0.4) is 0 Å². The molecule has 78 valence electrons. The number of hydrogen-bond acceptors (Lipinski definition) is 2. The Balaban J connectivity index is 2.16. The van der Waals surface area contributed by atoms with E-state index in [2.05, 4.69) is 24.3 Å². The van der Waals surface area contributed by atoms with Gasteiger partial charge in [0.2, 0.25) is 0 Å². The van der Waals surface area contributed by atoms with Crippen LogP contribution in [0.5, 0.6) is 0 Å². The number of benzene rings is 1. The van der Waals surface area contributed by atoms with Gasteiger partial charge in [-0.15, -0.1) is 0 Å². The van der Waals surface area contributed by atoms with Gasteiger partial charge in [-0.3, -0.25) is 0 Å². The molecule has 1 unspecified atom stereocenters. The van der Waals surface area contributed by atoms with Gasteiger partial charge < -0.3 is 10.8 Å². The molecule has 0 saturated heterocycles. The topological polar surface area (TPSA) is 46.2 Å². The number of aryl methyl sites for hydroxylation is 1. The van der Waals surface area contributed by atoms with Crippen molar-refractivity contribution in [1.29, 1.82) is 0 Å². The highest BCUT2D eigenvalue weighted by atomic mass is 16.3. The first-order valence-corrected chi connectivity index (χ1v) is 5.23. The van der Waals surface area contributed by atoms with Crippen LogP contribution in [0, 0.1) is 0 Å². The van der Waals surface area contributed by atoms with Gasteiger partial charge in [0.25, 0.3) is 0 Å². The molecule has 1 rings (SSSR count). The van der Waals surface area contributed by atoms with Gasteiger partial charge in [0.05, 0.1) is 0 Å². The summed E-state index contributed by atoms with van der Waals surface area (Å²) in [4.78, 5) is 0. The molecule has 3 N–H and O–H groups in total. The Morgan fingerprint density at radius 3 is 2.50 bits per heavy atom. The minimum absolute atomic E-state index is 0.156. The second-order valence-corrected chi connectivity index (χ2v) is 3.65. The average molecular weight is 193 g/mol. The Morgan fingerprint density at radius 2 is 1.86 bits per heavy atom. The number of hydrogen-bond donors (Lipinski definition) is 2. The van der Waals surface area contributed by atoms with Crippen molar-refractivity contribution in [2.24, 2.45) is 5.73 Å². The van der Waals surface area contributed by atoms with Gasteiger partial charge in [0.15, 0.2) is 0 Å². The van der Waals surface area contributed by atoms with Crippen molar-refractivity contribution in [2.45, 2.75) is 31.7 Å². The molecule has 0 aliphatic rings. The zero-order valence-electron chi connectivity index (χ0n) is 8.52. The minimum atomic E-state index is 0.156. The number of aliphatic hydroxyl groups is 1. The van der Waals surface area contributed by atoms with Crippen LogP contribution in [0.4, 0.5) is 0 Å². The molecule has 0 fully saturated rings. The maximum Gasteiger partial charge on any atom is 0.0445 e. The van der Waals surface area contributed by atoms with Gasteiger partial charge in [-0.1, -0.05) is 30.3 Å². The van der Waals surface area contributed by atoms with Crippen LogP contribution < -0.4 is 5.73 Å². The van der Waals surface area contributed by atoms with E-state index >= 15 is 0 Å². The predicted molar refractivity (Wildman–Crippen MR) is 59.1 cm³/mol. The highest BCUT2D eigenvalue weighted by Crippen LogP contribution is 2.06. The normalized spacial score (nSPS) is 12.7. The van der Waals surface area contributed by atoms with Gasteiger partial charge in [-0.25, -0.2) is 0 Å². The van der Waals surface area contributed by atoms with Crippen molar-refractivity contribution in [1.82, 2.24) is 0 Å². The molecule has 2 heteroatoms. The van der Waals surface area contributed by atoms with Gasteiger partial charge >= 0.3 is 0 Å². The fourth-order valence-electron chi connectivity index (χ4n) is 1.52. The number of nitrogens with two attached hydrogens (primary N) is 1. The molecule has 1 aromatic carbocycles. The van der Waals surface area contributed by atoms with E-state index in [4.69, 9.17) is 10.8 Å². The van der Waals surface area contributed by atoms with Crippen LogP contribution in [-0.4, -0.2) is 17.8 Å². The lowest BCUT2D eigenvalue weighted by atomic mass is 10.0. The molecular weight excluding hydrogens is 174 g/mol. The monoisotopic (exact) mass is 193 g/mol. The molecular formula is C12H19NO. The van der Waals surface area contributed by atoms with Crippen molar-refractivity contribution in [3.8, 4) is 0 Å². The zero-order chi connectivity index (χ0) is 10.2. The van der Waals surface area contributed by atoms with Gasteiger partial charge in [0, 0.05) is 12.6 Å². The average Bonchev–Trinajstić information content (AvgIpc) is 2.20. The van der Waals surface area contributed by atoms with E-state index in [1.54, 1.807) is 0 Å². The third-order valence-corrected chi connectivity index (χ3v) is 2.38. The summed E-state index contributed by atoms with van der Waals surface area (Å²) in [7, 11) is 0. The smallest absolute Gasteiger partial charge is 0.0445 e. The van der Waals surface area contributed by atoms with Crippen molar-refractivity contribution >= 4 is 0 Å². The van der Waals surface area contributed by atoms with E-state index in [0.29, 0.717) is 0 Å². The maximum atomic E-state index is 8.67. The van der Waals surface area contributed by atoms with Crippen LogP contribution in [0.1, 0.15) is 24.8 Å². The highest BCUT2D eigenvalue weighted by molar-refractivity contribution is 5.14. The third-order valence-electron chi connectivity index (χ3n) is 2.38. The lowest BCUT2D eigenvalue weighted by Crippen LogP contribution is -2.21. The standard InChI is InChI=1S/C12H19NO/c13-12(9-10-14)8-4-7-11-5-2-1-3-6-11/h1-3,5-6,12,14H,4,7-10,13H2. The molecule has 1 atom stereocenters. The second kappa shape index (κ2) is 6.57. The van der Waals surface area contributed by atoms with Crippen LogP contribution in [-0.2, 0) is 6.42 Å². The fraction of sp³-hybridized carbons (Fsp3) is 0.500. The van der Waals surface area contributed by atoms with Crippen LogP contribution in [0.25, 0.3) is 0 Å². The van der Waals surface area contributed by atoms with Crippen molar-refractivity contribution < 1.29 is 5.11 Å². The summed E-state index contributed by atoms with van der Waals surface area (Å²) in [6, 6.07) is 10.6. The summed E-state index contributed by atoms with van der Waals surface area (Å²) in [6.07, 6.45) is 3.90.